The van der Waals surface area contributed by atoms with Crippen molar-refractivity contribution in [3.05, 3.63) is 12.3 Å². The van der Waals surface area contributed by atoms with Gasteiger partial charge in [0.1, 0.15) is 5.76 Å². The highest BCUT2D eigenvalue weighted by Crippen LogP contribution is 2.29. The molecule has 16 heavy (non-hydrogen) atoms. The summed E-state index contributed by atoms with van der Waals surface area (Å²) < 4.78 is 6.04. The SMILES string of the molecule is C=C(OC1CCCC1)[C@@H]1CCCN1C(C)C. The summed E-state index contributed by atoms with van der Waals surface area (Å²) in [6, 6.07) is 1.08. The molecule has 1 aliphatic carbocycles. The van der Waals surface area contributed by atoms with Gasteiger partial charge >= 0.3 is 0 Å². The molecule has 0 bridgehead atoms. The average Bonchev–Trinajstić information content (AvgIpc) is 2.86. The van der Waals surface area contributed by atoms with Gasteiger partial charge in [0.2, 0.25) is 0 Å². The van der Waals surface area contributed by atoms with Crippen molar-refractivity contribution in [1.29, 1.82) is 0 Å². The molecule has 0 aromatic rings. The molecule has 0 radical (unpaired) electrons. The van der Waals surface area contributed by atoms with Crippen molar-refractivity contribution >= 4 is 0 Å². The van der Waals surface area contributed by atoms with E-state index >= 15 is 0 Å². The molecule has 2 rings (SSSR count). The summed E-state index contributed by atoms with van der Waals surface area (Å²) in [4.78, 5) is 2.53. The van der Waals surface area contributed by atoms with Gasteiger partial charge in [-0.25, -0.2) is 0 Å². The van der Waals surface area contributed by atoms with E-state index < -0.39 is 0 Å². The molecule has 0 aromatic carbocycles. The molecule has 1 atom stereocenters. The van der Waals surface area contributed by atoms with E-state index in [0.29, 0.717) is 18.2 Å². The first-order valence-electron chi connectivity index (χ1n) is 6.79. The Bertz CT molecular complexity index is 243. The highest BCUT2D eigenvalue weighted by molar-refractivity contribution is 5.03. The normalized spacial score (nSPS) is 27.8. The van der Waals surface area contributed by atoms with Gasteiger partial charge in [-0.05, 0) is 58.9 Å². The molecule has 2 heteroatoms. The summed E-state index contributed by atoms with van der Waals surface area (Å²) in [7, 11) is 0. The molecule has 1 saturated carbocycles. The zero-order valence-corrected chi connectivity index (χ0v) is 10.7. The number of hydrogen-bond acceptors (Lipinski definition) is 2. The van der Waals surface area contributed by atoms with Crippen LogP contribution in [-0.4, -0.2) is 29.6 Å². The van der Waals surface area contributed by atoms with Crippen LogP contribution in [0.4, 0.5) is 0 Å². The van der Waals surface area contributed by atoms with Gasteiger partial charge in [-0.2, -0.15) is 0 Å². The minimum Gasteiger partial charge on any atom is -0.494 e. The summed E-state index contributed by atoms with van der Waals surface area (Å²) in [6.07, 6.45) is 8.09. The van der Waals surface area contributed by atoms with Crippen LogP contribution in [0.25, 0.3) is 0 Å². The lowest BCUT2D eigenvalue weighted by molar-refractivity contribution is 0.0772. The molecule has 2 aliphatic rings. The van der Waals surface area contributed by atoms with Gasteiger partial charge in [-0.1, -0.05) is 6.58 Å². The highest BCUT2D eigenvalue weighted by atomic mass is 16.5. The second-order valence-corrected chi connectivity index (χ2v) is 5.48. The van der Waals surface area contributed by atoms with Crippen LogP contribution in [0.3, 0.4) is 0 Å². The van der Waals surface area contributed by atoms with E-state index in [0.717, 1.165) is 5.76 Å². The number of likely N-dealkylation sites (tertiary alicyclic amines) is 1. The Morgan fingerprint density at radius 1 is 1.19 bits per heavy atom. The molecule has 0 unspecified atom stereocenters. The second-order valence-electron chi connectivity index (χ2n) is 5.48. The number of ether oxygens (including phenoxy) is 1. The molecule has 0 spiro atoms. The van der Waals surface area contributed by atoms with Crippen molar-refractivity contribution in [2.24, 2.45) is 0 Å². The van der Waals surface area contributed by atoms with E-state index in [1.807, 2.05) is 0 Å². The van der Waals surface area contributed by atoms with E-state index in [-0.39, 0.29) is 0 Å². The number of nitrogens with zero attached hydrogens (tertiary/aromatic N) is 1. The van der Waals surface area contributed by atoms with Crippen molar-refractivity contribution in [2.75, 3.05) is 6.54 Å². The summed E-state index contributed by atoms with van der Waals surface area (Å²) in [6.45, 7) is 9.90. The minimum atomic E-state index is 0.460. The van der Waals surface area contributed by atoms with Gasteiger partial charge in [0, 0.05) is 6.04 Å². The molecular weight excluding hydrogens is 198 g/mol. The van der Waals surface area contributed by atoms with Crippen LogP contribution < -0.4 is 0 Å². The first-order valence-corrected chi connectivity index (χ1v) is 6.79. The summed E-state index contributed by atoms with van der Waals surface area (Å²) in [5, 5.41) is 0. The first kappa shape index (κ1) is 12.0. The molecule has 0 N–H and O–H groups in total. The first-order chi connectivity index (χ1) is 7.68. The maximum absolute atomic E-state index is 6.04. The lowest BCUT2D eigenvalue weighted by Crippen LogP contribution is -2.37. The third-order valence-electron chi connectivity index (χ3n) is 3.95. The van der Waals surface area contributed by atoms with Crippen LogP contribution in [0.5, 0.6) is 0 Å². The van der Waals surface area contributed by atoms with E-state index in [1.165, 1.54) is 45.1 Å². The van der Waals surface area contributed by atoms with E-state index in [4.69, 9.17) is 4.74 Å². The molecule has 1 aliphatic heterocycles. The zero-order valence-electron chi connectivity index (χ0n) is 10.7. The molecule has 1 saturated heterocycles. The Morgan fingerprint density at radius 3 is 2.50 bits per heavy atom. The topological polar surface area (TPSA) is 12.5 Å². The van der Waals surface area contributed by atoms with Gasteiger partial charge in [0.05, 0.1) is 12.1 Å². The Kier molecular flexibility index (Phi) is 3.91. The van der Waals surface area contributed by atoms with E-state index in [9.17, 15) is 0 Å². The lowest BCUT2D eigenvalue weighted by Gasteiger charge is -2.30. The number of hydrogen-bond donors (Lipinski definition) is 0. The Hall–Kier alpha value is -0.500. The van der Waals surface area contributed by atoms with E-state index in [1.54, 1.807) is 0 Å². The summed E-state index contributed by atoms with van der Waals surface area (Å²) in [5.41, 5.74) is 0. The van der Waals surface area contributed by atoms with Crippen molar-refractivity contribution in [1.82, 2.24) is 4.90 Å². The fraction of sp³-hybridized carbons (Fsp3) is 0.857. The molecule has 92 valence electrons. The largest absolute Gasteiger partial charge is 0.494 e. The minimum absolute atomic E-state index is 0.460. The molecule has 1 heterocycles. The van der Waals surface area contributed by atoms with Crippen molar-refractivity contribution < 1.29 is 4.74 Å². The number of rotatable bonds is 4. The van der Waals surface area contributed by atoms with Crippen LogP contribution >= 0.6 is 0 Å². The third-order valence-corrected chi connectivity index (χ3v) is 3.95. The Morgan fingerprint density at radius 2 is 1.88 bits per heavy atom. The predicted octanol–water partition coefficient (Wildman–Crippen LogP) is 3.33. The third kappa shape index (κ3) is 2.60. The van der Waals surface area contributed by atoms with Crippen LogP contribution in [0.15, 0.2) is 12.3 Å². The summed E-state index contributed by atoms with van der Waals surface area (Å²) in [5.74, 6) is 1.03. The van der Waals surface area contributed by atoms with Crippen LogP contribution in [0, 0.1) is 0 Å². The Labute approximate surface area is 99.7 Å². The van der Waals surface area contributed by atoms with Crippen LogP contribution in [0.1, 0.15) is 52.4 Å². The van der Waals surface area contributed by atoms with Crippen molar-refractivity contribution in [3.8, 4) is 0 Å². The zero-order chi connectivity index (χ0) is 11.5. The second kappa shape index (κ2) is 5.22. The quantitative estimate of drug-likeness (QED) is 0.678. The van der Waals surface area contributed by atoms with Gasteiger partial charge in [0.15, 0.2) is 0 Å². The standard InChI is InChI=1S/C14H25NO/c1-11(2)15-10-6-9-14(15)12(3)16-13-7-4-5-8-13/h11,13-14H,3-10H2,1-2H3/t14-/m0/s1. The van der Waals surface area contributed by atoms with Gasteiger partial charge in [-0.15, -0.1) is 0 Å². The van der Waals surface area contributed by atoms with Gasteiger partial charge in [-0.3, -0.25) is 4.90 Å². The van der Waals surface area contributed by atoms with Gasteiger partial charge in [0.25, 0.3) is 0 Å². The Balaban J connectivity index is 1.87. The fourth-order valence-electron chi connectivity index (χ4n) is 3.05. The maximum Gasteiger partial charge on any atom is 0.106 e. The highest BCUT2D eigenvalue weighted by Gasteiger charge is 2.31. The van der Waals surface area contributed by atoms with Crippen LogP contribution in [-0.2, 0) is 4.74 Å². The van der Waals surface area contributed by atoms with E-state index in [2.05, 4.69) is 25.3 Å². The molecule has 2 fully saturated rings. The molecule has 0 aromatic heterocycles. The molecular formula is C14H25NO. The average molecular weight is 223 g/mol. The fourth-order valence-corrected chi connectivity index (χ4v) is 3.05. The van der Waals surface area contributed by atoms with Crippen LogP contribution in [0.2, 0.25) is 0 Å². The predicted molar refractivity (Wildman–Crippen MR) is 67.3 cm³/mol. The van der Waals surface area contributed by atoms with Crippen molar-refractivity contribution in [3.63, 3.8) is 0 Å². The van der Waals surface area contributed by atoms with Gasteiger partial charge < -0.3 is 4.74 Å². The summed E-state index contributed by atoms with van der Waals surface area (Å²) >= 11 is 0. The molecule has 0 amide bonds. The lowest BCUT2D eigenvalue weighted by atomic mass is 10.1. The monoisotopic (exact) mass is 223 g/mol. The molecule has 2 nitrogen and oxygen atoms in total. The maximum atomic E-state index is 6.04. The smallest absolute Gasteiger partial charge is 0.106 e. The van der Waals surface area contributed by atoms with Crippen molar-refractivity contribution in [2.45, 2.75) is 70.6 Å².